The first-order valence-electron chi connectivity index (χ1n) is 9.31. The molecule has 0 amide bonds. The first kappa shape index (κ1) is 17.8. The predicted molar refractivity (Wildman–Crippen MR) is 116 cm³/mol. The second kappa shape index (κ2) is 6.95. The van der Waals surface area contributed by atoms with Gasteiger partial charge in [0.05, 0.1) is 0 Å². The van der Waals surface area contributed by atoms with Crippen LogP contribution in [0.4, 0.5) is 0 Å². The van der Waals surface area contributed by atoms with Gasteiger partial charge < -0.3 is 9.15 Å². The minimum Gasteiger partial charge on any atom is -0.477 e. The molecule has 3 nitrogen and oxygen atoms in total. The van der Waals surface area contributed by atoms with Gasteiger partial charge in [-0.15, -0.1) is 0 Å². The number of nitriles is 1. The van der Waals surface area contributed by atoms with Crippen LogP contribution in [0.3, 0.4) is 0 Å². The Labute approximate surface area is 177 Å². The monoisotopic (exact) mass is 441 g/mol. The Bertz CT molecular complexity index is 1250. The smallest absolute Gasteiger partial charge is 0.182 e. The van der Waals surface area contributed by atoms with Gasteiger partial charge in [0.1, 0.15) is 17.4 Å². The summed E-state index contributed by atoms with van der Waals surface area (Å²) in [5.41, 5.74) is 5.24. The summed E-state index contributed by atoms with van der Waals surface area (Å²) in [6.07, 6.45) is -0.413. The molecule has 5 rings (SSSR count). The van der Waals surface area contributed by atoms with E-state index in [9.17, 15) is 5.26 Å². The average molecular weight is 442 g/mol. The quantitative estimate of drug-likeness (QED) is 0.335. The molecule has 0 bridgehead atoms. The molecule has 1 atom stereocenters. The summed E-state index contributed by atoms with van der Waals surface area (Å²) in [5, 5.41) is 10.1. The number of nitrogens with zero attached hydrogens (tertiary/aromatic N) is 1. The van der Waals surface area contributed by atoms with E-state index in [-0.39, 0.29) is 0 Å². The van der Waals surface area contributed by atoms with Crippen molar-refractivity contribution in [3.8, 4) is 34.3 Å². The summed E-state index contributed by atoms with van der Waals surface area (Å²) < 4.78 is 13.6. The van der Waals surface area contributed by atoms with E-state index in [1.165, 1.54) is 5.56 Å². The van der Waals surface area contributed by atoms with E-state index in [0.29, 0.717) is 17.1 Å². The summed E-state index contributed by atoms with van der Waals surface area (Å²) in [7, 11) is 0. The molecule has 0 fully saturated rings. The summed E-state index contributed by atoms with van der Waals surface area (Å²) >= 11 is 3.54. The molecule has 0 aliphatic carbocycles. The molecule has 3 aromatic carbocycles. The zero-order chi connectivity index (χ0) is 20.0. The van der Waals surface area contributed by atoms with E-state index in [1.807, 2.05) is 60.7 Å². The number of benzene rings is 3. The Kier molecular flexibility index (Phi) is 4.26. The summed E-state index contributed by atoms with van der Waals surface area (Å²) in [6.45, 7) is 2.05. The minimum atomic E-state index is -0.413. The van der Waals surface area contributed by atoms with Crippen LogP contribution in [0.15, 0.2) is 81.7 Å². The van der Waals surface area contributed by atoms with E-state index < -0.39 is 6.10 Å². The highest BCUT2D eigenvalue weighted by atomic mass is 79.9. The maximum Gasteiger partial charge on any atom is 0.182 e. The van der Waals surface area contributed by atoms with Gasteiger partial charge in [0.15, 0.2) is 17.6 Å². The lowest BCUT2D eigenvalue weighted by atomic mass is 9.92. The molecule has 1 aliphatic heterocycles. The lowest BCUT2D eigenvalue weighted by Crippen LogP contribution is -2.14. The first-order chi connectivity index (χ1) is 14.2. The fraction of sp³-hybridized carbons (Fsp3) is 0.0800. The van der Waals surface area contributed by atoms with Crippen LogP contribution >= 0.6 is 15.9 Å². The third-order valence-corrected chi connectivity index (χ3v) is 5.65. The molecule has 29 heavy (non-hydrogen) atoms. The van der Waals surface area contributed by atoms with Crippen LogP contribution in [0.1, 0.15) is 28.6 Å². The van der Waals surface area contributed by atoms with Crippen molar-refractivity contribution < 1.29 is 9.15 Å². The number of hydrogen-bond acceptors (Lipinski definition) is 3. The van der Waals surface area contributed by atoms with E-state index in [2.05, 4.69) is 41.1 Å². The molecule has 1 aromatic heterocycles. The van der Waals surface area contributed by atoms with Gasteiger partial charge in [-0.1, -0.05) is 76.1 Å². The van der Waals surface area contributed by atoms with E-state index in [1.54, 1.807) is 0 Å². The number of rotatable bonds is 2. The third-order valence-electron chi connectivity index (χ3n) is 5.16. The lowest BCUT2D eigenvalue weighted by molar-refractivity contribution is 0.212. The van der Waals surface area contributed by atoms with E-state index in [0.717, 1.165) is 32.5 Å². The maximum atomic E-state index is 10.1. The van der Waals surface area contributed by atoms with E-state index >= 15 is 0 Å². The summed E-state index contributed by atoms with van der Waals surface area (Å²) in [5.74, 6) is 1.98. The largest absolute Gasteiger partial charge is 0.477 e. The van der Waals surface area contributed by atoms with Gasteiger partial charge in [-0.05, 0) is 25.1 Å². The molecule has 140 valence electrons. The molecule has 0 spiro atoms. The van der Waals surface area contributed by atoms with Gasteiger partial charge >= 0.3 is 0 Å². The fourth-order valence-electron chi connectivity index (χ4n) is 3.74. The van der Waals surface area contributed by atoms with Crippen LogP contribution in [0.25, 0.3) is 22.5 Å². The minimum absolute atomic E-state index is 0.413. The second-order valence-electron chi connectivity index (χ2n) is 7.07. The Hall–Kier alpha value is -3.29. The first-order valence-corrected chi connectivity index (χ1v) is 10.1. The van der Waals surface area contributed by atoms with Crippen molar-refractivity contribution in [3.05, 3.63) is 99.7 Å². The number of fused-ring (bicyclic) bond motifs is 3. The highest BCUT2D eigenvalue weighted by Crippen LogP contribution is 2.50. The number of aryl methyl sites for hydroxylation is 1. The highest BCUT2D eigenvalue weighted by Gasteiger charge is 2.35. The van der Waals surface area contributed by atoms with Crippen LogP contribution in [0, 0.1) is 18.3 Å². The Morgan fingerprint density at radius 1 is 0.966 bits per heavy atom. The normalized spacial score (nSPS) is 14.4. The highest BCUT2D eigenvalue weighted by molar-refractivity contribution is 9.10. The molecule has 4 heteroatoms. The third kappa shape index (κ3) is 2.95. The molecular weight excluding hydrogens is 426 g/mol. The van der Waals surface area contributed by atoms with Gasteiger partial charge in [0, 0.05) is 26.7 Å². The Balaban J connectivity index is 1.80. The van der Waals surface area contributed by atoms with Crippen LogP contribution in [0.2, 0.25) is 0 Å². The van der Waals surface area contributed by atoms with Crippen molar-refractivity contribution in [1.29, 1.82) is 5.26 Å². The SMILES string of the molecule is Cc1ccc([C@@H]2Oc3ccc(Br)cc3-c3c2oc(-c2ccccc2)c3C#N)cc1. The zero-order valence-electron chi connectivity index (χ0n) is 15.6. The maximum absolute atomic E-state index is 10.1. The molecule has 0 N–H and O–H groups in total. The Morgan fingerprint density at radius 3 is 2.45 bits per heavy atom. The van der Waals surface area contributed by atoms with Crippen molar-refractivity contribution in [2.45, 2.75) is 13.0 Å². The van der Waals surface area contributed by atoms with Crippen molar-refractivity contribution in [2.75, 3.05) is 0 Å². The van der Waals surface area contributed by atoms with Crippen molar-refractivity contribution in [2.24, 2.45) is 0 Å². The standard InChI is InChI=1S/C25H16BrNO2/c1-15-7-9-17(10-8-15)24-25-22(19-13-18(26)11-12-21(19)28-24)20(14-27)23(29-25)16-5-3-2-4-6-16/h2-13,24H,1H3/t24-/m0/s1. The van der Waals surface area contributed by atoms with Crippen LogP contribution in [-0.2, 0) is 0 Å². The van der Waals surface area contributed by atoms with Crippen molar-refractivity contribution >= 4 is 15.9 Å². The molecule has 0 saturated heterocycles. The van der Waals surface area contributed by atoms with Crippen LogP contribution < -0.4 is 4.74 Å². The topological polar surface area (TPSA) is 46.2 Å². The van der Waals surface area contributed by atoms with Gasteiger partial charge in [0.25, 0.3) is 0 Å². The number of ether oxygens (including phenoxy) is 1. The number of furan rings is 1. The van der Waals surface area contributed by atoms with Crippen molar-refractivity contribution in [3.63, 3.8) is 0 Å². The van der Waals surface area contributed by atoms with E-state index in [4.69, 9.17) is 9.15 Å². The molecular formula is C25H16BrNO2. The lowest BCUT2D eigenvalue weighted by Gasteiger charge is -2.26. The van der Waals surface area contributed by atoms with Gasteiger partial charge in [-0.2, -0.15) is 5.26 Å². The molecule has 4 aromatic rings. The summed E-state index contributed by atoms with van der Waals surface area (Å²) in [4.78, 5) is 0. The second-order valence-corrected chi connectivity index (χ2v) is 7.99. The van der Waals surface area contributed by atoms with Crippen molar-refractivity contribution in [1.82, 2.24) is 0 Å². The molecule has 0 unspecified atom stereocenters. The average Bonchev–Trinajstić information content (AvgIpc) is 3.14. The van der Waals surface area contributed by atoms with Gasteiger partial charge in [-0.3, -0.25) is 0 Å². The van der Waals surface area contributed by atoms with Crippen LogP contribution in [-0.4, -0.2) is 0 Å². The number of halogens is 1. The molecule has 0 radical (unpaired) electrons. The number of hydrogen-bond donors (Lipinski definition) is 0. The molecule has 2 heterocycles. The fourth-order valence-corrected chi connectivity index (χ4v) is 4.10. The summed E-state index contributed by atoms with van der Waals surface area (Å²) in [6, 6.07) is 26.2. The Morgan fingerprint density at radius 2 is 1.72 bits per heavy atom. The van der Waals surface area contributed by atoms with Gasteiger partial charge in [-0.25, -0.2) is 0 Å². The zero-order valence-corrected chi connectivity index (χ0v) is 17.2. The van der Waals surface area contributed by atoms with Crippen LogP contribution in [0.5, 0.6) is 5.75 Å². The predicted octanol–water partition coefficient (Wildman–Crippen LogP) is 7.04. The molecule has 0 saturated carbocycles. The molecule has 1 aliphatic rings. The van der Waals surface area contributed by atoms with Gasteiger partial charge in [0.2, 0.25) is 0 Å².